The number of hydrogen-bond acceptors (Lipinski definition) is 5. The molecule has 1 aliphatic carbocycles. The first-order chi connectivity index (χ1) is 9.83. The minimum Gasteiger partial charge on any atom is -0.395 e. The van der Waals surface area contributed by atoms with Gasteiger partial charge in [-0.2, -0.15) is 0 Å². The normalized spacial score (nSPS) is 19.5. The molecule has 1 aromatic rings. The zero-order valence-corrected chi connectivity index (χ0v) is 11.8. The number of sulfonamides is 1. The Hall–Kier alpha value is -1.61. The number of alkyl halides is 2. The van der Waals surface area contributed by atoms with E-state index in [0.717, 1.165) is 12.8 Å². The molecule has 0 atom stereocenters. The van der Waals surface area contributed by atoms with Crippen LogP contribution in [0.2, 0.25) is 0 Å². The van der Waals surface area contributed by atoms with E-state index in [9.17, 15) is 17.2 Å². The van der Waals surface area contributed by atoms with Crippen LogP contribution in [0.5, 0.6) is 11.5 Å². The molecule has 0 unspecified atom stereocenters. The average Bonchev–Trinajstić information content (AvgIpc) is 3.10. The second kappa shape index (κ2) is 4.99. The predicted octanol–water partition coefficient (Wildman–Crippen LogP) is 1.50. The van der Waals surface area contributed by atoms with Gasteiger partial charge >= 0.3 is 6.29 Å². The molecule has 2 aliphatic rings. The maximum atomic E-state index is 12.9. The van der Waals surface area contributed by atoms with E-state index < -0.39 is 16.3 Å². The molecule has 6 nitrogen and oxygen atoms in total. The Balaban J connectivity index is 1.62. The van der Waals surface area contributed by atoms with Gasteiger partial charge in [-0.1, -0.05) is 0 Å². The van der Waals surface area contributed by atoms with Crippen molar-refractivity contribution < 1.29 is 26.7 Å². The zero-order chi connectivity index (χ0) is 15.1. The second-order valence-corrected chi connectivity index (χ2v) is 6.82. The van der Waals surface area contributed by atoms with Crippen molar-refractivity contribution in [3.8, 4) is 11.5 Å². The predicted molar refractivity (Wildman–Crippen MR) is 71.1 cm³/mol. The molecule has 0 spiro atoms. The van der Waals surface area contributed by atoms with Crippen LogP contribution in [0.1, 0.15) is 12.8 Å². The van der Waals surface area contributed by atoms with Gasteiger partial charge in [-0.25, -0.2) is 8.42 Å². The first kappa shape index (κ1) is 14.3. The molecule has 0 amide bonds. The molecule has 0 radical (unpaired) electrons. The number of nitrogens with one attached hydrogen (secondary N) is 2. The highest BCUT2D eigenvalue weighted by Gasteiger charge is 2.43. The molecule has 9 heteroatoms. The molecular formula is C12H14F2N2O4S. The molecule has 0 bridgehead atoms. The van der Waals surface area contributed by atoms with Crippen LogP contribution in [-0.2, 0) is 10.0 Å². The number of hydrogen-bond donors (Lipinski definition) is 2. The number of fused-ring (bicyclic) bond motifs is 1. The van der Waals surface area contributed by atoms with E-state index in [1.54, 1.807) is 0 Å². The van der Waals surface area contributed by atoms with Crippen molar-refractivity contribution in [2.75, 3.05) is 17.0 Å². The van der Waals surface area contributed by atoms with E-state index >= 15 is 0 Å². The summed E-state index contributed by atoms with van der Waals surface area (Å²) in [6.07, 6.45) is -1.57. The van der Waals surface area contributed by atoms with Gasteiger partial charge in [0.2, 0.25) is 10.0 Å². The lowest BCUT2D eigenvalue weighted by atomic mass is 10.3. The topological polar surface area (TPSA) is 76.7 Å². The van der Waals surface area contributed by atoms with Gasteiger partial charge in [0, 0.05) is 18.7 Å². The van der Waals surface area contributed by atoms with Gasteiger partial charge in [-0.15, -0.1) is 8.78 Å². The summed E-state index contributed by atoms with van der Waals surface area (Å²) in [6.45, 7) is 0.350. The lowest BCUT2D eigenvalue weighted by molar-refractivity contribution is -0.286. The number of benzene rings is 1. The molecule has 3 rings (SSSR count). The molecule has 1 heterocycles. The summed E-state index contributed by atoms with van der Waals surface area (Å²) in [7, 11) is -3.55. The van der Waals surface area contributed by atoms with Crippen molar-refractivity contribution in [2.24, 2.45) is 0 Å². The SMILES string of the molecule is O=S(=O)(CCNC1CC1)Nc1ccc2c(c1)OC(F)(F)O2. The maximum Gasteiger partial charge on any atom is 0.586 e. The van der Waals surface area contributed by atoms with Crippen LogP contribution in [0.25, 0.3) is 0 Å². The number of halogens is 2. The van der Waals surface area contributed by atoms with Crippen LogP contribution >= 0.6 is 0 Å². The van der Waals surface area contributed by atoms with E-state index in [4.69, 9.17) is 0 Å². The smallest absolute Gasteiger partial charge is 0.395 e. The average molecular weight is 320 g/mol. The molecule has 1 aliphatic heterocycles. The summed E-state index contributed by atoms with van der Waals surface area (Å²) in [5.74, 6) is -0.414. The second-order valence-electron chi connectivity index (χ2n) is 4.98. The molecule has 116 valence electrons. The van der Waals surface area contributed by atoms with E-state index in [1.807, 2.05) is 0 Å². The molecule has 1 fully saturated rings. The van der Waals surface area contributed by atoms with Crippen molar-refractivity contribution in [1.82, 2.24) is 5.32 Å². The Labute approximate surface area is 120 Å². The summed E-state index contributed by atoms with van der Waals surface area (Å²) >= 11 is 0. The van der Waals surface area contributed by atoms with Gasteiger partial charge in [-0.3, -0.25) is 4.72 Å². The standard InChI is InChI=1S/C12H14F2N2O4S/c13-12(14)19-10-4-3-9(7-11(10)20-12)16-21(17,18)6-5-15-8-1-2-8/h3-4,7-8,15-16H,1-2,5-6H2. The number of anilines is 1. The van der Waals surface area contributed by atoms with E-state index in [1.165, 1.54) is 18.2 Å². The third kappa shape index (κ3) is 3.73. The number of rotatable bonds is 6. The van der Waals surface area contributed by atoms with Crippen LogP contribution in [0.3, 0.4) is 0 Å². The lowest BCUT2D eigenvalue weighted by Crippen LogP contribution is -2.28. The van der Waals surface area contributed by atoms with E-state index in [0.29, 0.717) is 12.6 Å². The largest absolute Gasteiger partial charge is 0.586 e. The van der Waals surface area contributed by atoms with Crippen LogP contribution in [0, 0.1) is 0 Å². The molecule has 2 N–H and O–H groups in total. The van der Waals surface area contributed by atoms with Crippen molar-refractivity contribution in [1.29, 1.82) is 0 Å². The zero-order valence-electron chi connectivity index (χ0n) is 10.9. The first-order valence-corrected chi connectivity index (χ1v) is 8.12. The van der Waals surface area contributed by atoms with Gasteiger partial charge in [-0.05, 0) is 25.0 Å². The minimum absolute atomic E-state index is 0.0892. The molecule has 0 saturated heterocycles. The lowest BCUT2D eigenvalue weighted by Gasteiger charge is -2.09. The number of ether oxygens (including phenoxy) is 2. The van der Waals surface area contributed by atoms with Crippen molar-refractivity contribution >= 4 is 15.7 Å². The Kier molecular flexibility index (Phi) is 3.40. The van der Waals surface area contributed by atoms with E-state index in [-0.39, 0.29) is 22.9 Å². The molecule has 1 aromatic carbocycles. The Bertz CT molecular complexity index is 647. The summed E-state index contributed by atoms with van der Waals surface area (Å²) in [5, 5.41) is 3.09. The summed E-state index contributed by atoms with van der Waals surface area (Å²) in [4.78, 5) is 0. The third-order valence-electron chi connectivity index (χ3n) is 3.06. The van der Waals surface area contributed by atoms with E-state index in [2.05, 4.69) is 19.5 Å². The maximum absolute atomic E-state index is 12.9. The fourth-order valence-electron chi connectivity index (χ4n) is 1.93. The summed E-state index contributed by atoms with van der Waals surface area (Å²) in [6, 6.07) is 4.17. The summed E-state index contributed by atoms with van der Waals surface area (Å²) < 4.78 is 60.3. The monoisotopic (exact) mass is 320 g/mol. The van der Waals surface area contributed by atoms with Crippen molar-refractivity contribution in [2.45, 2.75) is 25.2 Å². The van der Waals surface area contributed by atoms with Crippen LogP contribution in [0.4, 0.5) is 14.5 Å². The van der Waals surface area contributed by atoms with Crippen molar-refractivity contribution in [3.63, 3.8) is 0 Å². The van der Waals surface area contributed by atoms with Gasteiger partial charge in [0.15, 0.2) is 11.5 Å². The fourth-order valence-corrected chi connectivity index (χ4v) is 2.90. The van der Waals surface area contributed by atoms with Gasteiger partial charge in [0.1, 0.15) is 0 Å². The molecular weight excluding hydrogens is 306 g/mol. The fraction of sp³-hybridized carbons (Fsp3) is 0.500. The molecule has 21 heavy (non-hydrogen) atoms. The van der Waals surface area contributed by atoms with Crippen LogP contribution < -0.4 is 19.5 Å². The summed E-state index contributed by atoms with van der Waals surface area (Å²) in [5.41, 5.74) is 0.154. The van der Waals surface area contributed by atoms with Crippen LogP contribution in [0.15, 0.2) is 18.2 Å². The molecule has 1 saturated carbocycles. The minimum atomic E-state index is -3.71. The van der Waals surface area contributed by atoms with Gasteiger partial charge in [0.25, 0.3) is 0 Å². The van der Waals surface area contributed by atoms with Crippen molar-refractivity contribution in [3.05, 3.63) is 18.2 Å². The Morgan fingerprint density at radius 1 is 1.24 bits per heavy atom. The quantitative estimate of drug-likeness (QED) is 0.831. The van der Waals surface area contributed by atoms with Gasteiger partial charge < -0.3 is 14.8 Å². The highest BCUT2D eigenvalue weighted by molar-refractivity contribution is 7.92. The first-order valence-electron chi connectivity index (χ1n) is 6.47. The Morgan fingerprint density at radius 2 is 1.95 bits per heavy atom. The molecule has 0 aromatic heterocycles. The Morgan fingerprint density at radius 3 is 2.67 bits per heavy atom. The highest BCUT2D eigenvalue weighted by atomic mass is 32.2. The highest BCUT2D eigenvalue weighted by Crippen LogP contribution is 2.42. The van der Waals surface area contributed by atoms with Crippen LogP contribution in [-0.4, -0.2) is 33.1 Å². The third-order valence-corrected chi connectivity index (χ3v) is 4.34. The van der Waals surface area contributed by atoms with Gasteiger partial charge in [0.05, 0.1) is 11.4 Å².